The lowest BCUT2D eigenvalue weighted by Crippen LogP contribution is -2.21. The third-order valence-electron chi connectivity index (χ3n) is 4.50. The molecule has 0 unspecified atom stereocenters. The van der Waals surface area contributed by atoms with Gasteiger partial charge in [-0.15, -0.1) is 0 Å². The van der Waals surface area contributed by atoms with Crippen LogP contribution < -0.4 is 25.8 Å². The van der Waals surface area contributed by atoms with Gasteiger partial charge in [-0.2, -0.15) is 13.2 Å². The Labute approximate surface area is 189 Å². The van der Waals surface area contributed by atoms with Crippen molar-refractivity contribution in [3.05, 3.63) is 65.2 Å². The molecule has 13 heteroatoms. The predicted octanol–water partition coefficient (Wildman–Crippen LogP) is 3.74. The van der Waals surface area contributed by atoms with E-state index in [0.29, 0.717) is 12.1 Å². The molecule has 0 saturated heterocycles. The molecule has 0 aliphatic heterocycles. The molecule has 0 saturated carbocycles. The molecule has 2 amide bonds. The molecule has 0 atom stereocenters. The number of nitrogens with one attached hydrogen (secondary N) is 2. The summed E-state index contributed by atoms with van der Waals surface area (Å²) in [5.74, 6) is -3.26. The van der Waals surface area contributed by atoms with Crippen molar-refractivity contribution >= 4 is 29.0 Å². The van der Waals surface area contributed by atoms with Crippen LogP contribution in [0.4, 0.5) is 34.8 Å². The van der Waals surface area contributed by atoms with Crippen molar-refractivity contribution < 1.29 is 36.6 Å². The topological polar surface area (TPSA) is 128 Å². The highest BCUT2D eigenvalue weighted by Crippen LogP contribution is 2.33. The number of alkyl halides is 3. The summed E-state index contributed by atoms with van der Waals surface area (Å²) in [7, 11) is 2.59. The second kappa shape index (κ2) is 9.60. The summed E-state index contributed by atoms with van der Waals surface area (Å²) in [5.41, 5.74) is 3.45. The van der Waals surface area contributed by atoms with Crippen molar-refractivity contribution in [2.45, 2.75) is 6.18 Å². The highest BCUT2D eigenvalue weighted by atomic mass is 19.4. The highest BCUT2D eigenvalue weighted by Gasteiger charge is 2.34. The standard InChI is InChI=1S/C21H17F4N5O4/c1-33-15-5-6-27-18(26)17(15)20(32)30-14-9-28-16(34-2)8-11(14)19(31)29-10-3-4-13(22)12(7-10)21(23,24)25/h3-9H,1-2H3,(H2,26,27)(H,29,31)(H,30,32). The van der Waals surface area contributed by atoms with E-state index in [4.69, 9.17) is 15.2 Å². The average molecular weight is 479 g/mol. The fourth-order valence-electron chi connectivity index (χ4n) is 2.90. The van der Waals surface area contributed by atoms with Crippen LogP contribution in [0.3, 0.4) is 0 Å². The van der Waals surface area contributed by atoms with E-state index in [9.17, 15) is 27.2 Å². The Morgan fingerprint density at radius 1 is 1.00 bits per heavy atom. The zero-order chi connectivity index (χ0) is 25.0. The molecule has 3 aromatic rings. The van der Waals surface area contributed by atoms with E-state index in [-0.39, 0.29) is 39.9 Å². The number of ether oxygens (including phenoxy) is 2. The summed E-state index contributed by atoms with van der Waals surface area (Å²) in [6.07, 6.45) is -2.53. The van der Waals surface area contributed by atoms with Crippen molar-refractivity contribution in [3.8, 4) is 11.6 Å². The van der Waals surface area contributed by atoms with E-state index < -0.39 is 29.4 Å². The maximum atomic E-state index is 13.6. The Balaban J connectivity index is 1.95. The molecule has 0 bridgehead atoms. The number of amides is 2. The molecule has 9 nitrogen and oxygen atoms in total. The zero-order valence-electron chi connectivity index (χ0n) is 17.7. The lowest BCUT2D eigenvalue weighted by atomic mass is 10.1. The fourth-order valence-corrected chi connectivity index (χ4v) is 2.90. The summed E-state index contributed by atoms with van der Waals surface area (Å²) in [6.45, 7) is 0. The van der Waals surface area contributed by atoms with Gasteiger partial charge in [0.05, 0.1) is 37.2 Å². The minimum atomic E-state index is -4.97. The number of hydrogen-bond acceptors (Lipinski definition) is 7. The number of carbonyl (C=O) groups is 2. The molecule has 0 radical (unpaired) electrons. The van der Waals surface area contributed by atoms with Crippen molar-refractivity contribution in [3.63, 3.8) is 0 Å². The number of carbonyl (C=O) groups excluding carboxylic acids is 2. The van der Waals surface area contributed by atoms with Gasteiger partial charge in [0.25, 0.3) is 11.8 Å². The molecule has 4 N–H and O–H groups in total. The van der Waals surface area contributed by atoms with Crippen LogP contribution in [0.15, 0.2) is 42.7 Å². The van der Waals surface area contributed by atoms with E-state index in [1.165, 1.54) is 26.5 Å². The number of nitrogens with zero attached hydrogens (tertiary/aromatic N) is 2. The molecule has 0 spiro atoms. The highest BCUT2D eigenvalue weighted by molar-refractivity contribution is 6.14. The summed E-state index contributed by atoms with van der Waals surface area (Å²) >= 11 is 0. The van der Waals surface area contributed by atoms with E-state index >= 15 is 0 Å². The normalized spacial score (nSPS) is 11.0. The minimum absolute atomic E-state index is 0.0169. The van der Waals surface area contributed by atoms with Crippen LogP contribution in [0.1, 0.15) is 26.3 Å². The molecular formula is C21H17F4N5O4. The molecule has 2 aromatic heterocycles. The number of methoxy groups -OCH3 is 2. The van der Waals surface area contributed by atoms with E-state index in [1.807, 2.05) is 0 Å². The van der Waals surface area contributed by atoms with E-state index in [1.54, 1.807) is 0 Å². The van der Waals surface area contributed by atoms with Gasteiger partial charge in [-0.25, -0.2) is 14.4 Å². The molecule has 1 aromatic carbocycles. The average Bonchev–Trinajstić information content (AvgIpc) is 2.79. The third kappa shape index (κ3) is 5.14. The van der Waals surface area contributed by atoms with Gasteiger partial charge in [0.15, 0.2) is 0 Å². The van der Waals surface area contributed by atoms with Crippen LogP contribution in [0.2, 0.25) is 0 Å². The Morgan fingerprint density at radius 3 is 2.38 bits per heavy atom. The minimum Gasteiger partial charge on any atom is -0.496 e. The maximum absolute atomic E-state index is 13.6. The van der Waals surface area contributed by atoms with Crippen LogP contribution in [0.5, 0.6) is 11.6 Å². The largest absolute Gasteiger partial charge is 0.496 e. The van der Waals surface area contributed by atoms with Crippen molar-refractivity contribution in [2.75, 3.05) is 30.6 Å². The van der Waals surface area contributed by atoms with Gasteiger partial charge in [-0.3, -0.25) is 9.59 Å². The molecular weight excluding hydrogens is 462 g/mol. The van der Waals surface area contributed by atoms with Crippen molar-refractivity contribution in [1.29, 1.82) is 0 Å². The first-order valence-corrected chi connectivity index (χ1v) is 9.37. The molecule has 0 fully saturated rings. The number of anilines is 3. The number of nitrogen functional groups attached to an aromatic ring is 1. The van der Waals surface area contributed by atoms with Crippen LogP contribution in [0, 0.1) is 5.82 Å². The Kier molecular flexibility index (Phi) is 6.84. The summed E-state index contributed by atoms with van der Waals surface area (Å²) in [4.78, 5) is 33.5. The third-order valence-corrected chi connectivity index (χ3v) is 4.50. The molecule has 2 heterocycles. The second-order valence-electron chi connectivity index (χ2n) is 6.65. The lowest BCUT2D eigenvalue weighted by Gasteiger charge is -2.15. The monoisotopic (exact) mass is 479 g/mol. The number of halogens is 4. The van der Waals surface area contributed by atoms with Gasteiger partial charge < -0.3 is 25.8 Å². The molecule has 0 aliphatic carbocycles. The fraction of sp³-hybridized carbons (Fsp3) is 0.143. The van der Waals surface area contributed by atoms with Crippen LogP contribution in [0.25, 0.3) is 0 Å². The van der Waals surface area contributed by atoms with Gasteiger partial charge in [-0.05, 0) is 24.3 Å². The number of pyridine rings is 2. The van der Waals surface area contributed by atoms with E-state index in [0.717, 1.165) is 18.3 Å². The maximum Gasteiger partial charge on any atom is 0.419 e. The van der Waals surface area contributed by atoms with Crippen molar-refractivity contribution in [2.24, 2.45) is 0 Å². The van der Waals surface area contributed by atoms with Crippen LogP contribution in [-0.2, 0) is 6.18 Å². The summed E-state index contributed by atoms with van der Waals surface area (Å²) in [6, 6.07) is 4.54. The molecule has 3 rings (SSSR count). The lowest BCUT2D eigenvalue weighted by molar-refractivity contribution is -0.139. The van der Waals surface area contributed by atoms with Gasteiger partial charge in [0, 0.05) is 18.0 Å². The smallest absolute Gasteiger partial charge is 0.419 e. The Hall–Kier alpha value is -4.42. The van der Waals surface area contributed by atoms with E-state index in [2.05, 4.69) is 20.6 Å². The molecule has 178 valence electrons. The number of nitrogens with two attached hydrogens (primary N) is 1. The predicted molar refractivity (Wildman–Crippen MR) is 113 cm³/mol. The van der Waals surface area contributed by atoms with Gasteiger partial charge >= 0.3 is 6.18 Å². The molecule has 0 aliphatic rings. The van der Waals surface area contributed by atoms with Crippen LogP contribution >= 0.6 is 0 Å². The van der Waals surface area contributed by atoms with Crippen molar-refractivity contribution in [1.82, 2.24) is 9.97 Å². The van der Waals surface area contributed by atoms with Gasteiger partial charge in [0.2, 0.25) is 5.88 Å². The number of benzene rings is 1. The number of aromatic nitrogens is 2. The summed E-state index contributed by atoms with van der Waals surface area (Å²) in [5, 5.41) is 4.68. The number of hydrogen-bond donors (Lipinski definition) is 3. The SMILES string of the molecule is COc1cc(C(=O)Nc2ccc(F)c(C(F)(F)F)c2)c(NC(=O)c2c(OC)ccnc2N)cn1. The molecule has 34 heavy (non-hydrogen) atoms. The first kappa shape index (κ1) is 24.2. The van der Waals surface area contributed by atoms with Gasteiger partial charge in [0.1, 0.15) is 22.9 Å². The van der Waals surface area contributed by atoms with Gasteiger partial charge in [-0.1, -0.05) is 0 Å². The quantitative estimate of drug-likeness (QED) is 0.460. The van der Waals surface area contributed by atoms with Crippen LogP contribution in [-0.4, -0.2) is 36.0 Å². The Bertz CT molecular complexity index is 1250. The second-order valence-corrected chi connectivity index (χ2v) is 6.65. The Morgan fingerprint density at radius 2 is 1.74 bits per heavy atom. The first-order chi connectivity index (χ1) is 16.0. The zero-order valence-corrected chi connectivity index (χ0v) is 17.7. The summed E-state index contributed by atoms with van der Waals surface area (Å²) < 4.78 is 62.6. The first-order valence-electron chi connectivity index (χ1n) is 9.37. The number of rotatable bonds is 6.